The molecule has 0 aliphatic rings. The van der Waals surface area contributed by atoms with E-state index in [0.717, 1.165) is 25.7 Å². The zero-order chi connectivity index (χ0) is 11.5. The normalized spacial score (nSPS) is 12.5. The standard InChI is InChI=1S/C11H21ClO3/c1-3-14-10(11(13)15-4-2)8-6-5-7-9-12/h10H,3-9H2,1-2H3. The van der Waals surface area contributed by atoms with Crippen LogP contribution in [0.25, 0.3) is 0 Å². The van der Waals surface area contributed by atoms with Gasteiger partial charge in [0.1, 0.15) is 0 Å². The summed E-state index contributed by atoms with van der Waals surface area (Å²) in [5.41, 5.74) is 0. The number of hydrogen-bond acceptors (Lipinski definition) is 3. The maximum atomic E-state index is 11.4. The van der Waals surface area contributed by atoms with E-state index in [0.29, 0.717) is 19.1 Å². The van der Waals surface area contributed by atoms with Crippen LogP contribution in [0.15, 0.2) is 0 Å². The van der Waals surface area contributed by atoms with Crippen LogP contribution in [0.3, 0.4) is 0 Å². The van der Waals surface area contributed by atoms with E-state index in [1.54, 1.807) is 6.92 Å². The van der Waals surface area contributed by atoms with Gasteiger partial charge in [0.05, 0.1) is 6.61 Å². The number of carbonyl (C=O) groups excluding carboxylic acids is 1. The summed E-state index contributed by atoms with van der Waals surface area (Å²) < 4.78 is 10.3. The van der Waals surface area contributed by atoms with E-state index < -0.39 is 6.10 Å². The quantitative estimate of drug-likeness (QED) is 0.351. The van der Waals surface area contributed by atoms with Gasteiger partial charge in [-0.25, -0.2) is 4.79 Å². The lowest BCUT2D eigenvalue weighted by Gasteiger charge is -2.14. The molecule has 0 radical (unpaired) electrons. The van der Waals surface area contributed by atoms with Gasteiger partial charge in [0.25, 0.3) is 0 Å². The molecule has 0 aliphatic heterocycles. The monoisotopic (exact) mass is 236 g/mol. The van der Waals surface area contributed by atoms with Crippen LogP contribution in [0.2, 0.25) is 0 Å². The van der Waals surface area contributed by atoms with Gasteiger partial charge >= 0.3 is 5.97 Å². The molecular weight excluding hydrogens is 216 g/mol. The predicted octanol–water partition coefficient (Wildman–Crippen LogP) is 2.75. The molecule has 0 N–H and O–H groups in total. The summed E-state index contributed by atoms with van der Waals surface area (Å²) in [4.78, 5) is 11.4. The number of halogens is 1. The van der Waals surface area contributed by atoms with Gasteiger partial charge in [0, 0.05) is 12.5 Å². The second kappa shape index (κ2) is 10.2. The highest BCUT2D eigenvalue weighted by molar-refractivity contribution is 6.17. The summed E-state index contributed by atoms with van der Waals surface area (Å²) >= 11 is 5.57. The Kier molecular flexibility index (Phi) is 10.1. The molecule has 15 heavy (non-hydrogen) atoms. The minimum atomic E-state index is -0.398. The van der Waals surface area contributed by atoms with Gasteiger partial charge in [-0.2, -0.15) is 0 Å². The van der Waals surface area contributed by atoms with Gasteiger partial charge in [-0.05, 0) is 26.7 Å². The minimum absolute atomic E-state index is 0.245. The van der Waals surface area contributed by atoms with Crippen LogP contribution >= 0.6 is 11.6 Å². The molecule has 1 atom stereocenters. The minimum Gasteiger partial charge on any atom is -0.464 e. The van der Waals surface area contributed by atoms with Crippen LogP contribution < -0.4 is 0 Å². The Bertz CT molecular complexity index is 162. The molecule has 0 saturated carbocycles. The first kappa shape index (κ1) is 14.7. The highest BCUT2D eigenvalue weighted by Crippen LogP contribution is 2.09. The second-order valence-electron chi connectivity index (χ2n) is 3.23. The van der Waals surface area contributed by atoms with E-state index >= 15 is 0 Å². The molecule has 4 heteroatoms. The molecule has 0 rings (SSSR count). The van der Waals surface area contributed by atoms with Crippen LogP contribution in [0, 0.1) is 0 Å². The number of alkyl halides is 1. The summed E-state index contributed by atoms with van der Waals surface area (Å²) in [5.74, 6) is 0.434. The first-order valence-electron chi connectivity index (χ1n) is 5.60. The zero-order valence-corrected chi connectivity index (χ0v) is 10.4. The van der Waals surface area contributed by atoms with Gasteiger partial charge in [-0.3, -0.25) is 0 Å². The van der Waals surface area contributed by atoms with Gasteiger partial charge in [-0.1, -0.05) is 12.8 Å². The molecule has 0 fully saturated rings. The SMILES string of the molecule is CCOC(=O)C(CCCCCCl)OCC. The van der Waals surface area contributed by atoms with Gasteiger partial charge in [0.15, 0.2) is 6.10 Å². The average molecular weight is 237 g/mol. The van der Waals surface area contributed by atoms with Crippen molar-refractivity contribution in [1.29, 1.82) is 0 Å². The molecule has 90 valence electrons. The van der Waals surface area contributed by atoms with Crippen molar-refractivity contribution in [3.63, 3.8) is 0 Å². The van der Waals surface area contributed by atoms with Crippen LogP contribution in [0.4, 0.5) is 0 Å². The Morgan fingerprint density at radius 2 is 1.93 bits per heavy atom. The van der Waals surface area contributed by atoms with E-state index in [2.05, 4.69) is 0 Å². The van der Waals surface area contributed by atoms with E-state index in [1.165, 1.54) is 0 Å². The van der Waals surface area contributed by atoms with E-state index in [4.69, 9.17) is 21.1 Å². The van der Waals surface area contributed by atoms with Crippen molar-refractivity contribution in [3.05, 3.63) is 0 Å². The first-order valence-corrected chi connectivity index (χ1v) is 6.13. The van der Waals surface area contributed by atoms with Crippen molar-refractivity contribution in [2.24, 2.45) is 0 Å². The van der Waals surface area contributed by atoms with Gasteiger partial charge in [-0.15, -0.1) is 11.6 Å². The Morgan fingerprint density at radius 1 is 1.20 bits per heavy atom. The maximum Gasteiger partial charge on any atom is 0.335 e. The number of esters is 1. The smallest absolute Gasteiger partial charge is 0.335 e. The lowest BCUT2D eigenvalue weighted by molar-refractivity contribution is -0.156. The van der Waals surface area contributed by atoms with Crippen molar-refractivity contribution >= 4 is 17.6 Å². The van der Waals surface area contributed by atoms with Crippen LogP contribution in [0.1, 0.15) is 39.5 Å². The largest absolute Gasteiger partial charge is 0.464 e. The van der Waals surface area contributed by atoms with E-state index in [9.17, 15) is 4.79 Å². The number of carbonyl (C=O) groups is 1. The Labute approximate surface area is 97.1 Å². The van der Waals surface area contributed by atoms with Gasteiger partial charge < -0.3 is 9.47 Å². The molecule has 1 unspecified atom stereocenters. The van der Waals surface area contributed by atoms with E-state index in [1.807, 2.05) is 6.92 Å². The average Bonchev–Trinajstić information content (AvgIpc) is 2.23. The molecule has 0 saturated heterocycles. The third kappa shape index (κ3) is 7.63. The lowest BCUT2D eigenvalue weighted by atomic mass is 10.1. The fourth-order valence-corrected chi connectivity index (χ4v) is 1.50. The number of ether oxygens (including phenoxy) is 2. The molecule has 0 amide bonds. The number of hydrogen-bond donors (Lipinski definition) is 0. The highest BCUT2D eigenvalue weighted by atomic mass is 35.5. The molecule has 0 aromatic heterocycles. The van der Waals surface area contributed by atoms with Crippen molar-refractivity contribution in [2.75, 3.05) is 19.1 Å². The van der Waals surface area contributed by atoms with Crippen LogP contribution in [0.5, 0.6) is 0 Å². The number of unbranched alkanes of at least 4 members (excludes halogenated alkanes) is 2. The second-order valence-corrected chi connectivity index (χ2v) is 3.61. The highest BCUT2D eigenvalue weighted by Gasteiger charge is 2.18. The number of rotatable bonds is 9. The molecule has 0 spiro atoms. The molecule has 0 bridgehead atoms. The summed E-state index contributed by atoms with van der Waals surface area (Å²) in [6, 6.07) is 0. The third-order valence-corrected chi connectivity index (χ3v) is 2.28. The molecular formula is C11H21ClO3. The molecule has 3 nitrogen and oxygen atoms in total. The topological polar surface area (TPSA) is 35.5 Å². The summed E-state index contributed by atoms with van der Waals surface area (Å²) in [6.07, 6.45) is 3.31. The summed E-state index contributed by atoms with van der Waals surface area (Å²) in [6.45, 7) is 4.63. The predicted molar refractivity (Wildman–Crippen MR) is 61.2 cm³/mol. The van der Waals surface area contributed by atoms with Crippen molar-refractivity contribution in [3.8, 4) is 0 Å². The lowest BCUT2D eigenvalue weighted by Crippen LogP contribution is -2.26. The van der Waals surface area contributed by atoms with Gasteiger partial charge in [0.2, 0.25) is 0 Å². The maximum absolute atomic E-state index is 11.4. The van der Waals surface area contributed by atoms with Crippen molar-refractivity contribution in [2.45, 2.75) is 45.6 Å². The molecule has 0 aliphatic carbocycles. The van der Waals surface area contributed by atoms with Crippen molar-refractivity contribution < 1.29 is 14.3 Å². The molecule has 0 aromatic carbocycles. The Balaban J connectivity index is 3.76. The summed E-state index contributed by atoms with van der Waals surface area (Å²) in [5, 5.41) is 0. The fraction of sp³-hybridized carbons (Fsp3) is 0.909. The summed E-state index contributed by atoms with van der Waals surface area (Å²) in [7, 11) is 0. The molecule has 0 aromatic rings. The first-order chi connectivity index (χ1) is 7.26. The zero-order valence-electron chi connectivity index (χ0n) is 9.63. The van der Waals surface area contributed by atoms with Crippen molar-refractivity contribution in [1.82, 2.24) is 0 Å². The Hall–Kier alpha value is -0.280. The van der Waals surface area contributed by atoms with Crippen LogP contribution in [-0.4, -0.2) is 31.2 Å². The third-order valence-electron chi connectivity index (χ3n) is 2.02. The van der Waals surface area contributed by atoms with E-state index in [-0.39, 0.29) is 5.97 Å². The molecule has 0 heterocycles. The fourth-order valence-electron chi connectivity index (χ4n) is 1.31. The Morgan fingerprint density at radius 3 is 2.47 bits per heavy atom. The van der Waals surface area contributed by atoms with Crippen LogP contribution in [-0.2, 0) is 14.3 Å².